The second-order valence-corrected chi connectivity index (χ2v) is 13.4. The van der Waals surface area contributed by atoms with E-state index in [1.807, 2.05) is 32.3 Å². The number of hydrogen-bond acceptors (Lipinski definition) is 9. The van der Waals surface area contributed by atoms with E-state index in [1.54, 1.807) is 32.9 Å². The average Bonchev–Trinajstić information content (AvgIpc) is 3.59. The van der Waals surface area contributed by atoms with Crippen LogP contribution in [0.2, 0.25) is 0 Å². The first-order valence-corrected chi connectivity index (χ1v) is 13.9. The van der Waals surface area contributed by atoms with E-state index in [-0.39, 0.29) is 12.0 Å². The molecule has 2 aliphatic rings. The highest BCUT2D eigenvalue weighted by atomic mass is 16.7. The van der Waals surface area contributed by atoms with Crippen molar-refractivity contribution in [2.75, 3.05) is 18.1 Å². The highest BCUT2D eigenvalue weighted by Gasteiger charge is 2.52. The van der Waals surface area contributed by atoms with Gasteiger partial charge in [-0.15, -0.1) is 0 Å². The number of imidazole rings is 1. The van der Waals surface area contributed by atoms with Gasteiger partial charge in [-0.3, -0.25) is 0 Å². The molecule has 0 unspecified atom stereocenters. The first-order valence-electron chi connectivity index (χ1n) is 13.9. The summed E-state index contributed by atoms with van der Waals surface area (Å²) in [6, 6.07) is 9.40. The fraction of sp³-hybridized carbons (Fsp3) is 0.567. The summed E-state index contributed by atoms with van der Waals surface area (Å²) in [4.78, 5) is 31.2. The number of fused-ring (bicyclic) bond motifs is 1. The molecular formula is C30H37N5O6. The highest BCUT2D eigenvalue weighted by Crippen LogP contribution is 2.48. The number of rotatable bonds is 6. The number of anilines is 1. The van der Waals surface area contributed by atoms with Crippen LogP contribution >= 0.6 is 0 Å². The minimum absolute atomic E-state index is 0.0272. The average molecular weight is 564 g/mol. The Bertz CT molecular complexity index is 1510. The molecule has 0 radical (unpaired) electrons. The number of amides is 1. The summed E-state index contributed by atoms with van der Waals surface area (Å²) in [5, 5.41) is 13.5. The molecule has 3 heterocycles. The molecule has 0 N–H and O–H groups in total. The summed E-state index contributed by atoms with van der Waals surface area (Å²) in [6.07, 6.45) is 3.91. The summed E-state index contributed by atoms with van der Waals surface area (Å²) in [6.45, 7) is 12.3. The van der Waals surface area contributed by atoms with Crippen LogP contribution in [0.4, 0.5) is 15.5 Å². The van der Waals surface area contributed by atoms with Crippen LogP contribution < -0.4 is 4.90 Å². The Morgan fingerprint density at radius 3 is 2.71 bits per heavy atom. The van der Waals surface area contributed by atoms with Crippen molar-refractivity contribution in [3.63, 3.8) is 0 Å². The van der Waals surface area contributed by atoms with Gasteiger partial charge in [0.15, 0.2) is 0 Å². The molecule has 41 heavy (non-hydrogen) atoms. The van der Waals surface area contributed by atoms with E-state index in [4.69, 9.17) is 18.7 Å². The number of carbonyl (C=O) groups excluding carboxylic acids is 2. The Morgan fingerprint density at radius 2 is 1.98 bits per heavy atom. The second kappa shape index (κ2) is 10.1. The maximum Gasteiger partial charge on any atom is 0.508 e. The van der Waals surface area contributed by atoms with E-state index in [1.165, 1.54) is 4.90 Å². The van der Waals surface area contributed by atoms with Gasteiger partial charge in [-0.1, -0.05) is 25.9 Å². The molecule has 1 aliphatic carbocycles. The molecule has 5 rings (SSSR count). The quantitative estimate of drug-likeness (QED) is 0.326. The molecule has 3 aromatic rings. The van der Waals surface area contributed by atoms with Gasteiger partial charge in [0, 0.05) is 18.0 Å². The third-order valence-corrected chi connectivity index (χ3v) is 7.83. The minimum atomic E-state index is -0.756. The molecule has 1 aromatic carbocycles. The van der Waals surface area contributed by atoms with Crippen molar-refractivity contribution in [3.8, 4) is 6.07 Å². The van der Waals surface area contributed by atoms with E-state index >= 15 is 0 Å². The molecule has 0 bridgehead atoms. The molecule has 2 aromatic heterocycles. The summed E-state index contributed by atoms with van der Waals surface area (Å²) in [5.41, 5.74) is 0.760. The number of hydrogen-bond donors (Lipinski definition) is 0. The lowest BCUT2D eigenvalue weighted by atomic mass is 9.68. The molecule has 1 spiro atoms. The molecule has 1 aliphatic heterocycles. The van der Waals surface area contributed by atoms with Crippen molar-refractivity contribution in [3.05, 3.63) is 41.9 Å². The van der Waals surface area contributed by atoms with Gasteiger partial charge in [-0.05, 0) is 70.1 Å². The van der Waals surface area contributed by atoms with Gasteiger partial charge in [0.25, 0.3) is 0 Å². The lowest BCUT2D eigenvalue weighted by Crippen LogP contribution is -2.45. The topological polar surface area (TPSA) is 133 Å². The van der Waals surface area contributed by atoms with Gasteiger partial charge < -0.3 is 23.3 Å². The first-order chi connectivity index (χ1) is 19.2. The molecule has 11 nitrogen and oxygen atoms in total. The van der Waals surface area contributed by atoms with Crippen LogP contribution in [0.25, 0.3) is 11.0 Å². The lowest BCUT2D eigenvalue weighted by Gasteiger charge is -2.43. The number of benzene rings is 1. The van der Waals surface area contributed by atoms with Crippen LogP contribution in [0.5, 0.6) is 0 Å². The van der Waals surface area contributed by atoms with Crippen LogP contribution in [0.3, 0.4) is 0 Å². The van der Waals surface area contributed by atoms with Crippen molar-refractivity contribution in [1.29, 1.82) is 5.26 Å². The van der Waals surface area contributed by atoms with Crippen LogP contribution in [0.1, 0.15) is 78.5 Å². The number of aromatic nitrogens is 3. The molecule has 1 saturated carbocycles. The van der Waals surface area contributed by atoms with Gasteiger partial charge in [0.1, 0.15) is 17.8 Å². The number of nitrogens with zero attached hydrogens (tertiary/aromatic N) is 5. The van der Waals surface area contributed by atoms with E-state index in [0.29, 0.717) is 36.7 Å². The smallest absolute Gasteiger partial charge is 0.441 e. The monoisotopic (exact) mass is 563 g/mol. The summed E-state index contributed by atoms with van der Waals surface area (Å²) < 4.78 is 24.3. The molecule has 11 heteroatoms. The van der Waals surface area contributed by atoms with Gasteiger partial charge >= 0.3 is 12.2 Å². The zero-order valence-electron chi connectivity index (χ0n) is 24.5. The van der Waals surface area contributed by atoms with E-state index in [0.717, 1.165) is 30.3 Å². The maximum atomic E-state index is 13.1. The van der Waals surface area contributed by atoms with E-state index < -0.39 is 28.9 Å². The Hall–Kier alpha value is -4.07. The van der Waals surface area contributed by atoms with Gasteiger partial charge in [-0.25, -0.2) is 19.5 Å². The largest absolute Gasteiger partial charge is 0.508 e. The predicted octanol–water partition coefficient (Wildman–Crippen LogP) is 6.10. The van der Waals surface area contributed by atoms with Crippen molar-refractivity contribution >= 4 is 29.2 Å². The van der Waals surface area contributed by atoms with E-state index in [2.05, 4.69) is 27.7 Å². The SMILES string of the molecule is CC(C)(C)OC(=O)OCC(C)(C)c1cc(N2C[C@@]3(CCC[C@](C)(Cn4cnc5ccc(C#N)cc54)C3)OC2=O)on1. The van der Waals surface area contributed by atoms with Crippen molar-refractivity contribution in [2.45, 2.75) is 90.4 Å². The van der Waals surface area contributed by atoms with Gasteiger partial charge in [0.05, 0.1) is 41.2 Å². The third-order valence-electron chi connectivity index (χ3n) is 7.83. The highest BCUT2D eigenvalue weighted by molar-refractivity contribution is 5.88. The van der Waals surface area contributed by atoms with Crippen molar-refractivity contribution in [2.24, 2.45) is 5.41 Å². The Morgan fingerprint density at radius 1 is 1.20 bits per heavy atom. The Kier molecular flexibility index (Phi) is 7.00. The van der Waals surface area contributed by atoms with Crippen LogP contribution in [-0.4, -0.2) is 51.3 Å². The third kappa shape index (κ3) is 6.01. The van der Waals surface area contributed by atoms with Crippen molar-refractivity contribution < 1.29 is 28.3 Å². The lowest BCUT2D eigenvalue weighted by molar-refractivity contribution is -0.0265. The zero-order chi connectivity index (χ0) is 29.6. The fourth-order valence-electron chi connectivity index (χ4n) is 5.91. The zero-order valence-corrected chi connectivity index (χ0v) is 24.5. The van der Waals surface area contributed by atoms with Gasteiger partial charge in [0.2, 0.25) is 5.88 Å². The van der Waals surface area contributed by atoms with E-state index in [9.17, 15) is 14.9 Å². The van der Waals surface area contributed by atoms with Crippen molar-refractivity contribution in [1.82, 2.24) is 14.7 Å². The van der Waals surface area contributed by atoms with Crippen LogP contribution in [0, 0.1) is 16.7 Å². The predicted molar refractivity (Wildman–Crippen MR) is 149 cm³/mol. The minimum Gasteiger partial charge on any atom is -0.441 e. The summed E-state index contributed by atoms with van der Waals surface area (Å²) in [5.74, 6) is 0.295. The number of nitriles is 1. The van der Waals surface area contributed by atoms with Gasteiger partial charge in [-0.2, -0.15) is 5.26 Å². The summed E-state index contributed by atoms with van der Waals surface area (Å²) >= 11 is 0. The molecule has 218 valence electrons. The normalized spacial score (nSPS) is 23.0. The molecule has 1 saturated heterocycles. The second-order valence-electron chi connectivity index (χ2n) is 13.4. The number of ether oxygens (including phenoxy) is 3. The molecule has 2 fully saturated rings. The van der Waals surface area contributed by atoms with Crippen LogP contribution in [0.15, 0.2) is 35.1 Å². The first kappa shape index (κ1) is 28.5. The standard InChI is InChI=1S/C30H37N5O6/c1-27(2,3)40-26(37)38-18-28(4,5)23-13-24(41-33-23)35-17-30(39-25(35)36)11-7-10-29(6,15-30)16-34-19-32-21-9-8-20(14-31)12-22(21)34/h8-9,12-13,19H,7,10-11,15-18H2,1-6H3/t29-,30-/m0/s1. The molecule has 2 atom stereocenters. The Labute approximate surface area is 239 Å². The maximum absolute atomic E-state index is 13.1. The number of carbonyl (C=O) groups is 2. The molecule has 1 amide bonds. The van der Waals surface area contributed by atoms with Crippen LogP contribution in [-0.2, 0) is 26.2 Å². The molecular weight excluding hydrogens is 526 g/mol. The Balaban J connectivity index is 1.28. The summed E-state index contributed by atoms with van der Waals surface area (Å²) in [7, 11) is 0. The fourth-order valence-corrected chi connectivity index (χ4v) is 5.91.